The number of aromatic nitrogens is 2. The lowest BCUT2D eigenvalue weighted by molar-refractivity contribution is 0.459. The van der Waals surface area contributed by atoms with Crippen molar-refractivity contribution < 1.29 is 0 Å². The van der Waals surface area contributed by atoms with E-state index in [1.807, 2.05) is 12.1 Å². The van der Waals surface area contributed by atoms with E-state index in [1.54, 1.807) is 0 Å². The van der Waals surface area contributed by atoms with Crippen molar-refractivity contribution >= 4 is 27.0 Å². The SMILES string of the molecule is NC1CCCn2c1nc1c(Br)cccc12. The summed E-state index contributed by atoms with van der Waals surface area (Å²) in [6, 6.07) is 6.27. The minimum absolute atomic E-state index is 0.0954. The third-order valence-electron chi connectivity index (χ3n) is 2.99. The molecular formula is C11H12BrN3. The van der Waals surface area contributed by atoms with Crippen LogP contribution in [0.2, 0.25) is 0 Å². The number of hydrogen-bond donors (Lipinski definition) is 1. The molecule has 3 nitrogen and oxygen atoms in total. The number of fused-ring (bicyclic) bond motifs is 3. The second kappa shape index (κ2) is 3.32. The van der Waals surface area contributed by atoms with Crippen molar-refractivity contribution in [3.8, 4) is 0 Å². The molecule has 15 heavy (non-hydrogen) atoms. The first kappa shape index (κ1) is 9.36. The Balaban J connectivity index is 2.35. The van der Waals surface area contributed by atoms with E-state index in [0.717, 1.165) is 35.2 Å². The van der Waals surface area contributed by atoms with Gasteiger partial charge >= 0.3 is 0 Å². The highest BCUT2D eigenvalue weighted by atomic mass is 79.9. The zero-order valence-electron chi connectivity index (χ0n) is 8.28. The monoisotopic (exact) mass is 265 g/mol. The Morgan fingerprint density at radius 1 is 1.47 bits per heavy atom. The maximum absolute atomic E-state index is 6.06. The zero-order valence-corrected chi connectivity index (χ0v) is 9.87. The minimum atomic E-state index is 0.0954. The first-order chi connectivity index (χ1) is 7.27. The van der Waals surface area contributed by atoms with Gasteiger partial charge in [0.1, 0.15) is 11.3 Å². The second-order valence-corrected chi connectivity index (χ2v) is 4.83. The molecule has 0 amide bonds. The quantitative estimate of drug-likeness (QED) is 0.796. The van der Waals surface area contributed by atoms with E-state index in [0.29, 0.717) is 0 Å². The van der Waals surface area contributed by atoms with Gasteiger partial charge in [0.2, 0.25) is 0 Å². The molecule has 2 N–H and O–H groups in total. The van der Waals surface area contributed by atoms with Crippen molar-refractivity contribution in [3.05, 3.63) is 28.5 Å². The van der Waals surface area contributed by atoms with E-state index in [-0.39, 0.29) is 6.04 Å². The summed E-state index contributed by atoms with van der Waals surface area (Å²) in [4.78, 5) is 4.62. The van der Waals surface area contributed by atoms with Gasteiger partial charge in [-0.15, -0.1) is 0 Å². The molecule has 2 aromatic rings. The van der Waals surface area contributed by atoms with Gasteiger partial charge in [-0.25, -0.2) is 4.98 Å². The maximum atomic E-state index is 6.06. The minimum Gasteiger partial charge on any atom is -0.327 e. The number of para-hydroxylation sites is 1. The van der Waals surface area contributed by atoms with Crippen LogP contribution in [-0.4, -0.2) is 9.55 Å². The lowest BCUT2D eigenvalue weighted by atomic mass is 10.1. The summed E-state index contributed by atoms with van der Waals surface area (Å²) in [6.45, 7) is 1.04. The largest absolute Gasteiger partial charge is 0.327 e. The average molecular weight is 266 g/mol. The van der Waals surface area contributed by atoms with Gasteiger partial charge in [0.25, 0.3) is 0 Å². The molecular weight excluding hydrogens is 254 g/mol. The molecule has 0 radical (unpaired) electrons. The molecule has 0 saturated carbocycles. The topological polar surface area (TPSA) is 43.8 Å². The second-order valence-electron chi connectivity index (χ2n) is 3.98. The van der Waals surface area contributed by atoms with Gasteiger partial charge < -0.3 is 10.3 Å². The van der Waals surface area contributed by atoms with Crippen LogP contribution in [0.15, 0.2) is 22.7 Å². The summed E-state index contributed by atoms with van der Waals surface area (Å²) in [7, 11) is 0. The molecule has 1 aromatic carbocycles. The van der Waals surface area contributed by atoms with Crippen LogP contribution >= 0.6 is 15.9 Å². The van der Waals surface area contributed by atoms with E-state index in [9.17, 15) is 0 Å². The number of aryl methyl sites for hydroxylation is 1. The van der Waals surface area contributed by atoms with Gasteiger partial charge in [-0.05, 0) is 40.9 Å². The average Bonchev–Trinajstić information content (AvgIpc) is 2.60. The van der Waals surface area contributed by atoms with E-state index < -0.39 is 0 Å². The number of rotatable bonds is 0. The van der Waals surface area contributed by atoms with Crippen LogP contribution in [0, 0.1) is 0 Å². The fourth-order valence-corrected chi connectivity index (χ4v) is 2.69. The van der Waals surface area contributed by atoms with Crippen LogP contribution in [0.4, 0.5) is 0 Å². The maximum Gasteiger partial charge on any atom is 0.126 e. The standard InChI is InChI=1S/C11H12BrN3/c12-7-3-1-5-9-10(7)14-11-8(13)4-2-6-15(9)11/h1,3,5,8H,2,4,6,13H2. The van der Waals surface area contributed by atoms with Gasteiger partial charge in [0, 0.05) is 11.0 Å². The molecule has 1 aliphatic rings. The van der Waals surface area contributed by atoms with Gasteiger partial charge in [0.05, 0.1) is 11.6 Å². The number of imidazole rings is 1. The Bertz CT molecular complexity index is 518. The van der Waals surface area contributed by atoms with Crippen LogP contribution in [-0.2, 0) is 6.54 Å². The fourth-order valence-electron chi connectivity index (χ4n) is 2.25. The number of nitrogens with zero attached hydrogens (tertiary/aromatic N) is 2. The van der Waals surface area contributed by atoms with Gasteiger partial charge in [0.15, 0.2) is 0 Å². The highest BCUT2D eigenvalue weighted by Gasteiger charge is 2.21. The van der Waals surface area contributed by atoms with E-state index in [1.165, 1.54) is 5.52 Å². The number of nitrogens with two attached hydrogens (primary N) is 1. The van der Waals surface area contributed by atoms with Crippen molar-refractivity contribution in [2.45, 2.75) is 25.4 Å². The van der Waals surface area contributed by atoms with E-state index >= 15 is 0 Å². The lowest BCUT2D eigenvalue weighted by Crippen LogP contribution is -2.21. The first-order valence-corrected chi connectivity index (χ1v) is 5.97. The smallest absolute Gasteiger partial charge is 0.126 e. The molecule has 4 heteroatoms. The molecule has 0 fully saturated rings. The predicted octanol–water partition coefficient (Wildman–Crippen LogP) is 2.59. The van der Waals surface area contributed by atoms with Crippen molar-refractivity contribution in [1.29, 1.82) is 0 Å². The van der Waals surface area contributed by atoms with Gasteiger partial charge in [-0.2, -0.15) is 0 Å². The molecule has 2 heterocycles. The van der Waals surface area contributed by atoms with Crippen LogP contribution in [0.1, 0.15) is 24.7 Å². The molecule has 0 bridgehead atoms. The Kier molecular flexibility index (Phi) is 2.07. The zero-order chi connectivity index (χ0) is 10.4. The molecule has 1 unspecified atom stereocenters. The predicted molar refractivity (Wildman–Crippen MR) is 63.6 cm³/mol. The third-order valence-corrected chi connectivity index (χ3v) is 3.63. The Morgan fingerprint density at radius 3 is 3.20 bits per heavy atom. The summed E-state index contributed by atoms with van der Waals surface area (Å²) in [5.74, 6) is 1.03. The molecule has 1 aliphatic heterocycles. The number of benzene rings is 1. The van der Waals surface area contributed by atoms with Gasteiger partial charge in [-0.3, -0.25) is 0 Å². The summed E-state index contributed by atoms with van der Waals surface area (Å²) < 4.78 is 3.29. The van der Waals surface area contributed by atoms with Gasteiger partial charge in [-0.1, -0.05) is 6.07 Å². The van der Waals surface area contributed by atoms with E-state index in [2.05, 4.69) is 31.5 Å². The number of hydrogen-bond acceptors (Lipinski definition) is 2. The Labute approximate surface area is 96.4 Å². The van der Waals surface area contributed by atoms with Crippen molar-refractivity contribution in [3.63, 3.8) is 0 Å². The Hall–Kier alpha value is -0.870. The molecule has 3 rings (SSSR count). The van der Waals surface area contributed by atoms with Crippen molar-refractivity contribution in [1.82, 2.24) is 9.55 Å². The van der Waals surface area contributed by atoms with Crippen LogP contribution in [0.5, 0.6) is 0 Å². The molecule has 1 aromatic heterocycles. The molecule has 0 spiro atoms. The molecule has 0 aliphatic carbocycles. The summed E-state index contributed by atoms with van der Waals surface area (Å²) in [5, 5.41) is 0. The molecule has 78 valence electrons. The Morgan fingerprint density at radius 2 is 2.33 bits per heavy atom. The molecule has 0 saturated heterocycles. The highest BCUT2D eigenvalue weighted by molar-refractivity contribution is 9.10. The van der Waals surface area contributed by atoms with Crippen molar-refractivity contribution in [2.75, 3.05) is 0 Å². The van der Waals surface area contributed by atoms with Crippen LogP contribution in [0.3, 0.4) is 0 Å². The summed E-state index contributed by atoms with van der Waals surface area (Å²) >= 11 is 3.53. The third kappa shape index (κ3) is 1.32. The number of halogens is 1. The normalized spacial score (nSPS) is 20.5. The van der Waals surface area contributed by atoms with Crippen LogP contribution < -0.4 is 5.73 Å². The van der Waals surface area contributed by atoms with E-state index in [4.69, 9.17) is 5.73 Å². The lowest BCUT2D eigenvalue weighted by Gasteiger charge is -2.20. The summed E-state index contributed by atoms with van der Waals surface area (Å²) in [6.07, 6.45) is 2.19. The van der Waals surface area contributed by atoms with Crippen molar-refractivity contribution in [2.24, 2.45) is 5.73 Å². The highest BCUT2D eigenvalue weighted by Crippen LogP contribution is 2.30. The fraction of sp³-hybridized carbons (Fsp3) is 0.364. The summed E-state index contributed by atoms with van der Waals surface area (Å²) in [5.41, 5.74) is 8.28. The first-order valence-electron chi connectivity index (χ1n) is 5.17. The molecule has 1 atom stereocenters. The van der Waals surface area contributed by atoms with Crippen LogP contribution in [0.25, 0.3) is 11.0 Å².